The van der Waals surface area contributed by atoms with E-state index in [4.69, 9.17) is 0 Å². The summed E-state index contributed by atoms with van der Waals surface area (Å²) in [6.45, 7) is 4.71. The Morgan fingerprint density at radius 2 is 2.00 bits per heavy atom. The first-order valence-electron chi connectivity index (χ1n) is 4.44. The third-order valence-electron chi connectivity index (χ3n) is 1.31. The molecule has 0 saturated heterocycles. The van der Waals surface area contributed by atoms with Crippen molar-refractivity contribution in [2.24, 2.45) is 0 Å². The molecule has 0 unspecified atom stereocenters. The van der Waals surface area contributed by atoms with Crippen LogP contribution in [-0.2, 0) is 14.8 Å². The van der Waals surface area contributed by atoms with Crippen LogP contribution in [0.2, 0.25) is 0 Å². The predicted octanol–water partition coefficient (Wildman–Crippen LogP) is 0.183. The molecule has 2 N–H and O–H groups in total. The lowest BCUT2D eigenvalue weighted by Crippen LogP contribution is -2.30. The van der Waals surface area contributed by atoms with Crippen LogP contribution in [0.5, 0.6) is 0 Å². The molecule has 1 heterocycles. The Labute approximate surface area is 97.3 Å². The van der Waals surface area contributed by atoms with E-state index in [1.165, 1.54) is 6.92 Å². The van der Waals surface area contributed by atoms with Gasteiger partial charge in [-0.2, -0.15) is 0 Å². The highest BCUT2D eigenvalue weighted by atomic mass is 32.2. The molecule has 0 radical (unpaired) electrons. The van der Waals surface area contributed by atoms with Crippen LogP contribution in [0, 0.1) is 0 Å². The van der Waals surface area contributed by atoms with Crippen LogP contribution in [0.1, 0.15) is 20.8 Å². The summed E-state index contributed by atoms with van der Waals surface area (Å²) in [6, 6.07) is -0.224. The summed E-state index contributed by atoms with van der Waals surface area (Å²) in [7, 11) is -3.63. The minimum atomic E-state index is -3.63. The zero-order valence-corrected chi connectivity index (χ0v) is 10.6. The zero-order valence-electron chi connectivity index (χ0n) is 9.01. The zero-order chi connectivity index (χ0) is 12.3. The average molecular weight is 264 g/mol. The summed E-state index contributed by atoms with van der Waals surface area (Å²) in [5.41, 5.74) is 0. The number of carbonyl (C=O) groups is 1. The Morgan fingerprint density at radius 3 is 2.50 bits per heavy atom. The van der Waals surface area contributed by atoms with Crippen LogP contribution in [0.25, 0.3) is 0 Å². The highest BCUT2D eigenvalue weighted by Gasteiger charge is 2.21. The van der Waals surface area contributed by atoms with Gasteiger partial charge in [-0.3, -0.25) is 4.79 Å². The molecular formula is C7H12N4O3S2. The van der Waals surface area contributed by atoms with Crippen LogP contribution in [-0.4, -0.2) is 30.6 Å². The molecule has 0 spiro atoms. The minimum absolute atomic E-state index is 0.162. The fourth-order valence-electron chi connectivity index (χ4n) is 0.880. The fraction of sp³-hybridized carbons (Fsp3) is 0.571. The predicted molar refractivity (Wildman–Crippen MR) is 59.7 cm³/mol. The molecule has 1 aromatic heterocycles. The van der Waals surface area contributed by atoms with Gasteiger partial charge in [0.05, 0.1) is 0 Å². The third-order valence-corrected chi connectivity index (χ3v) is 4.17. The van der Waals surface area contributed by atoms with Crippen LogP contribution in [0.3, 0.4) is 0 Å². The van der Waals surface area contributed by atoms with Crippen LogP contribution >= 0.6 is 11.3 Å². The van der Waals surface area contributed by atoms with Gasteiger partial charge in [0, 0.05) is 13.0 Å². The van der Waals surface area contributed by atoms with Gasteiger partial charge in [0.2, 0.25) is 15.4 Å². The van der Waals surface area contributed by atoms with Crippen molar-refractivity contribution in [2.75, 3.05) is 5.32 Å². The van der Waals surface area contributed by atoms with Crippen molar-refractivity contribution in [1.29, 1.82) is 0 Å². The minimum Gasteiger partial charge on any atom is -0.301 e. The Hall–Kier alpha value is -1.06. The number of rotatable bonds is 4. The molecule has 0 atom stereocenters. The van der Waals surface area contributed by atoms with E-state index in [1.807, 2.05) is 0 Å². The van der Waals surface area contributed by atoms with E-state index < -0.39 is 10.0 Å². The van der Waals surface area contributed by atoms with Gasteiger partial charge in [0.1, 0.15) is 0 Å². The highest BCUT2D eigenvalue weighted by molar-refractivity contribution is 7.91. The molecule has 0 aliphatic heterocycles. The summed E-state index contributed by atoms with van der Waals surface area (Å²) in [5.74, 6) is -0.322. The molecule has 90 valence electrons. The van der Waals surface area contributed by atoms with Crippen molar-refractivity contribution >= 4 is 32.4 Å². The molecule has 9 heteroatoms. The monoisotopic (exact) mass is 264 g/mol. The van der Waals surface area contributed by atoms with Crippen molar-refractivity contribution in [1.82, 2.24) is 14.9 Å². The van der Waals surface area contributed by atoms with E-state index in [9.17, 15) is 13.2 Å². The molecule has 0 aliphatic rings. The quantitative estimate of drug-likeness (QED) is 0.756. The van der Waals surface area contributed by atoms with E-state index in [0.29, 0.717) is 0 Å². The first kappa shape index (κ1) is 13.0. The maximum Gasteiger partial charge on any atom is 0.270 e. The second kappa shape index (κ2) is 4.85. The molecule has 0 aliphatic carbocycles. The Balaban J connectivity index is 2.89. The number of sulfonamides is 1. The van der Waals surface area contributed by atoms with Gasteiger partial charge in [-0.15, -0.1) is 10.2 Å². The molecule has 1 amide bonds. The van der Waals surface area contributed by atoms with Gasteiger partial charge >= 0.3 is 0 Å². The Bertz CT molecular complexity index is 480. The van der Waals surface area contributed by atoms with Crippen LogP contribution in [0.15, 0.2) is 4.34 Å². The van der Waals surface area contributed by atoms with Gasteiger partial charge in [0.15, 0.2) is 0 Å². The molecule has 0 aromatic carbocycles. The molecule has 16 heavy (non-hydrogen) atoms. The summed E-state index contributed by atoms with van der Waals surface area (Å²) < 4.78 is 25.5. The number of hydrogen-bond acceptors (Lipinski definition) is 6. The second-order valence-electron chi connectivity index (χ2n) is 3.33. The number of nitrogens with one attached hydrogen (secondary N) is 2. The van der Waals surface area contributed by atoms with Crippen molar-refractivity contribution in [3.8, 4) is 0 Å². The largest absolute Gasteiger partial charge is 0.301 e. The van der Waals surface area contributed by atoms with Crippen molar-refractivity contribution in [3.63, 3.8) is 0 Å². The first-order valence-corrected chi connectivity index (χ1v) is 6.74. The fourth-order valence-corrected chi connectivity index (χ4v) is 3.09. The van der Waals surface area contributed by atoms with E-state index in [1.54, 1.807) is 13.8 Å². The van der Waals surface area contributed by atoms with Crippen LogP contribution < -0.4 is 10.0 Å². The molecule has 0 saturated carbocycles. The first-order chi connectivity index (χ1) is 7.31. The van der Waals surface area contributed by atoms with Crippen LogP contribution in [0.4, 0.5) is 5.13 Å². The lowest BCUT2D eigenvalue weighted by atomic mass is 10.4. The number of hydrogen-bond donors (Lipinski definition) is 2. The van der Waals surface area contributed by atoms with Gasteiger partial charge in [-0.1, -0.05) is 11.3 Å². The normalized spacial score (nSPS) is 11.8. The maximum atomic E-state index is 11.6. The summed E-state index contributed by atoms with van der Waals surface area (Å²) >= 11 is 0.806. The average Bonchev–Trinajstić information content (AvgIpc) is 2.49. The van der Waals surface area contributed by atoms with Crippen molar-refractivity contribution < 1.29 is 13.2 Å². The van der Waals surface area contributed by atoms with E-state index >= 15 is 0 Å². The number of anilines is 1. The molecular weight excluding hydrogens is 252 g/mol. The van der Waals surface area contributed by atoms with E-state index in [-0.39, 0.29) is 21.4 Å². The summed E-state index contributed by atoms with van der Waals surface area (Å²) in [5, 5.41) is 9.57. The van der Waals surface area contributed by atoms with E-state index in [2.05, 4.69) is 20.2 Å². The van der Waals surface area contributed by atoms with Gasteiger partial charge in [0.25, 0.3) is 10.0 Å². The molecule has 0 fully saturated rings. The third kappa shape index (κ3) is 3.51. The maximum absolute atomic E-state index is 11.6. The second-order valence-corrected chi connectivity index (χ2v) is 6.20. The SMILES string of the molecule is CC(=O)Nc1nnc(S(=O)(=O)NC(C)C)s1. The molecule has 0 bridgehead atoms. The molecule has 1 aromatic rings. The Morgan fingerprint density at radius 1 is 1.38 bits per heavy atom. The van der Waals surface area contributed by atoms with Gasteiger partial charge in [-0.05, 0) is 13.8 Å². The van der Waals surface area contributed by atoms with Crippen molar-refractivity contribution in [2.45, 2.75) is 31.2 Å². The van der Waals surface area contributed by atoms with Gasteiger partial charge < -0.3 is 5.32 Å². The Kier molecular flexibility index (Phi) is 3.94. The lowest BCUT2D eigenvalue weighted by Gasteiger charge is -2.05. The number of carbonyl (C=O) groups excluding carboxylic acids is 1. The lowest BCUT2D eigenvalue weighted by molar-refractivity contribution is -0.114. The standard InChI is InChI=1S/C7H12N4O3S2/c1-4(2)11-16(13,14)7-10-9-6(15-7)8-5(3)12/h4,11H,1-3H3,(H,8,9,12). The number of amides is 1. The molecule has 7 nitrogen and oxygen atoms in total. The highest BCUT2D eigenvalue weighted by Crippen LogP contribution is 2.19. The van der Waals surface area contributed by atoms with Crippen molar-refractivity contribution in [3.05, 3.63) is 0 Å². The number of aromatic nitrogens is 2. The summed E-state index contributed by atoms with van der Waals surface area (Å²) in [4.78, 5) is 10.7. The van der Waals surface area contributed by atoms with E-state index in [0.717, 1.165) is 11.3 Å². The van der Waals surface area contributed by atoms with Gasteiger partial charge in [-0.25, -0.2) is 13.1 Å². The molecule has 1 rings (SSSR count). The number of nitrogens with zero attached hydrogens (tertiary/aromatic N) is 2. The summed E-state index contributed by atoms with van der Waals surface area (Å²) in [6.07, 6.45) is 0. The smallest absolute Gasteiger partial charge is 0.270 e. The topological polar surface area (TPSA) is 101 Å².